The van der Waals surface area contributed by atoms with Crippen LogP contribution < -0.4 is 4.74 Å². The Morgan fingerprint density at radius 1 is 1.28 bits per heavy atom. The Hall–Kier alpha value is -1.94. The standard InChI is InChI=1S/C14H14FNO2/c15-13-3-4-14(12(8-13)10-17)18-7-5-11-2-1-6-16-9-11/h1-4,6,8-9,17H,5,7,10H2. The van der Waals surface area contributed by atoms with Gasteiger partial charge in [-0.15, -0.1) is 0 Å². The molecule has 0 fully saturated rings. The smallest absolute Gasteiger partial charge is 0.125 e. The SMILES string of the molecule is OCc1cc(F)ccc1OCCc1cccnc1. The van der Waals surface area contributed by atoms with Crippen LogP contribution >= 0.6 is 0 Å². The summed E-state index contributed by atoms with van der Waals surface area (Å²) in [7, 11) is 0. The number of aromatic nitrogens is 1. The van der Waals surface area contributed by atoms with Gasteiger partial charge in [0.1, 0.15) is 11.6 Å². The lowest BCUT2D eigenvalue weighted by Gasteiger charge is -2.10. The van der Waals surface area contributed by atoms with Crippen LogP contribution in [-0.4, -0.2) is 16.7 Å². The highest BCUT2D eigenvalue weighted by Gasteiger charge is 2.04. The number of hydrogen-bond acceptors (Lipinski definition) is 3. The maximum atomic E-state index is 12.9. The van der Waals surface area contributed by atoms with Gasteiger partial charge in [-0.05, 0) is 29.8 Å². The van der Waals surface area contributed by atoms with Crippen molar-refractivity contribution in [2.45, 2.75) is 13.0 Å². The molecule has 3 nitrogen and oxygen atoms in total. The summed E-state index contributed by atoms with van der Waals surface area (Å²) in [5.74, 6) is 0.140. The number of nitrogens with zero attached hydrogens (tertiary/aromatic N) is 1. The molecular weight excluding hydrogens is 233 g/mol. The molecule has 1 aromatic carbocycles. The van der Waals surface area contributed by atoms with Gasteiger partial charge >= 0.3 is 0 Å². The number of ether oxygens (including phenoxy) is 1. The highest BCUT2D eigenvalue weighted by atomic mass is 19.1. The molecule has 0 bridgehead atoms. The first kappa shape index (κ1) is 12.5. The third-order valence-corrected chi connectivity index (χ3v) is 2.56. The molecule has 1 aromatic heterocycles. The minimum atomic E-state index is -0.376. The lowest BCUT2D eigenvalue weighted by atomic mass is 10.2. The summed E-state index contributed by atoms with van der Waals surface area (Å²) in [5, 5.41) is 9.10. The summed E-state index contributed by atoms with van der Waals surface area (Å²) >= 11 is 0. The summed E-state index contributed by atoms with van der Waals surface area (Å²) in [4.78, 5) is 4.01. The molecule has 2 aromatic rings. The molecule has 18 heavy (non-hydrogen) atoms. The number of rotatable bonds is 5. The monoisotopic (exact) mass is 247 g/mol. The van der Waals surface area contributed by atoms with Crippen molar-refractivity contribution >= 4 is 0 Å². The largest absolute Gasteiger partial charge is 0.493 e. The number of aliphatic hydroxyl groups excluding tert-OH is 1. The molecule has 0 saturated heterocycles. The fourth-order valence-corrected chi connectivity index (χ4v) is 1.64. The summed E-state index contributed by atoms with van der Waals surface area (Å²) in [6.45, 7) is 0.226. The molecule has 0 amide bonds. The van der Waals surface area contributed by atoms with Crippen LogP contribution in [0.15, 0.2) is 42.7 Å². The van der Waals surface area contributed by atoms with E-state index in [1.807, 2.05) is 12.1 Å². The fourth-order valence-electron chi connectivity index (χ4n) is 1.64. The molecule has 0 unspecified atom stereocenters. The summed E-state index contributed by atoms with van der Waals surface area (Å²) in [5.41, 5.74) is 1.53. The van der Waals surface area contributed by atoms with E-state index in [1.165, 1.54) is 18.2 Å². The molecule has 4 heteroatoms. The van der Waals surface area contributed by atoms with E-state index >= 15 is 0 Å². The van der Waals surface area contributed by atoms with Crippen LogP contribution in [-0.2, 0) is 13.0 Å². The van der Waals surface area contributed by atoms with Crippen molar-refractivity contribution in [3.8, 4) is 5.75 Å². The molecular formula is C14H14FNO2. The maximum absolute atomic E-state index is 12.9. The third kappa shape index (κ3) is 3.28. The number of hydrogen-bond donors (Lipinski definition) is 1. The molecule has 0 aliphatic carbocycles. The predicted molar refractivity (Wildman–Crippen MR) is 65.8 cm³/mol. The van der Waals surface area contributed by atoms with Gasteiger partial charge in [-0.3, -0.25) is 4.98 Å². The van der Waals surface area contributed by atoms with Gasteiger partial charge in [-0.1, -0.05) is 6.07 Å². The molecule has 2 rings (SSSR count). The summed E-state index contributed by atoms with van der Waals surface area (Å²) in [6, 6.07) is 7.96. The van der Waals surface area contributed by atoms with Gasteiger partial charge in [0, 0.05) is 24.4 Å². The van der Waals surface area contributed by atoms with Crippen molar-refractivity contribution in [3.63, 3.8) is 0 Å². The molecule has 0 aliphatic heterocycles. The first-order chi connectivity index (χ1) is 8.79. The Morgan fingerprint density at radius 2 is 2.17 bits per heavy atom. The van der Waals surface area contributed by atoms with Crippen LogP contribution in [0.3, 0.4) is 0 Å². The van der Waals surface area contributed by atoms with Gasteiger partial charge < -0.3 is 9.84 Å². The van der Waals surface area contributed by atoms with Crippen molar-refractivity contribution in [3.05, 3.63) is 59.7 Å². The summed E-state index contributed by atoms with van der Waals surface area (Å²) < 4.78 is 18.5. The van der Waals surface area contributed by atoms with E-state index in [0.29, 0.717) is 17.9 Å². The molecule has 94 valence electrons. The number of aliphatic hydroxyl groups is 1. The highest BCUT2D eigenvalue weighted by molar-refractivity contribution is 5.33. The van der Waals surface area contributed by atoms with Gasteiger partial charge in [0.05, 0.1) is 13.2 Å². The van der Waals surface area contributed by atoms with Crippen LogP contribution in [0.1, 0.15) is 11.1 Å². The minimum Gasteiger partial charge on any atom is -0.493 e. The Morgan fingerprint density at radius 3 is 2.89 bits per heavy atom. The quantitative estimate of drug-likeness (QED) is 0.881. The molecule has 0 aliphatic rings. The molecule has 0 spiro atoms. The second-order valence-corrected chi connectivity index (χ2v) is 3.87. The van der Waals surface area contributed by atoms with Crippen LogP contribution in [0.4, 0.5) is 4.39 Å². The van der Waals surface area contributed by atoms with E-state index in [1.54, 1.807) is 12.4 Å². The molecule has 0 atom stereocenters. The van der Waals surface area contributed by atoms with E-state index in [-0.39, 0.29) is 12.4 Å². The van der Waals surface area contributed by atoms with Gasteiger partial charge in [-0.2, -0.15) is 0 Å². The third-order valence-electron chi connectivity index (χ3n) is 2.56. The predicted octanol–water partition coefficient (Wildman–Crippen LogP) is 2.33. The van der Waals surface area contributed by atoms with Gasteiger partial charge in [0.2, 0.25) is 0 Å². The zero-order valence-electron chi connectivity index (χ0n) is 9.84. The second kappa shape index (κ2) is 6.12. The fraction of sp³-hybridized carbons (Fsp3) is 0.214. The van der Waals surface area contributed by atoms with Gasteiger partial charge in [0.25, 0.3) is 0 Å². The Kier molecular flexibility index (Phi) is 4.25. The zero-order valence-corrected chi connectivity index (χ0v) is 9.84. The van der Waals surface area contributed by atoms with Crippen molar-refractivity contribution in [1.29, 1.82) is 0 Å². The Bertz CT molecular complexity index is 502. The lowest BCUT2D eigenvalue weighted by Crippen LogP contribution is -2.04. The number of halogens is 1. The maximum Gasteiger partial charge on any atom is 0.125 e. The van der Waals surface area contributed by atoms with Crippen molar-refractivity contribution in [2.24, 2.45) is 0 Å². The first-order valence-corrected chi connectivity index (χ1v) is 5.70. The minimum absolute atomic E-state index is 0.236. The van der Waals surface area contributed by atoms with Crippen LogP contribution in [0, 0.1) is 5.82 Å². The normalized spacial score (nSPS) is 10.3. The van der Waals surface area contributed by atoms with E-state index in [2.05, 4.69) is 4.98 Å². The van der Waals surface area contributed by atoms with E-state index in [9.17, 15) is 4.39 Å². The number of pyridine rings is 1. The van der Waals surface area contributed by atoms with Crippen LogP contribution in [0.25, 0.3) is 0 Å². The van der Waals surface area contributed by atoms with E-state index in [4.69, 9.17) is 9.84 Å². The average molecular weight is 247 g/mol. The molecule has 0 saturated carbocycles. The van der Waals surface area contributed by atoms with Crippen molar-refractivity contribution in [1.82, 2.24) is 4.98 Å². The zero-order chi connectivity index (χ0) is 12.8. The Balaban J connectivity index is 1.94. The van der Waals surface area contributed by atoms with Gasteiger partial charge in [-0.25, -0.2) is 4.39 Å². The Labute approximate surface area is 105 Å². The first-order valence-electron chi connectivity index (χ1n) is 5.70. The van der Waals surface area contributed by atoms with E-state index < -0.39 is 0 Å². The second-order valence-electron chi connectivity index (χ2n) is 3.87. The van der Waals surface area contributed by atoms with E-state index in [0.717, 1.165) is 12.0 Å². The van der Waals surface area contributed by atoms with Crippen LogP contribution in [0.2, 0.25) is 0 Å². The van der Waals surface area contributed by atoms with Crippen molar-refractivity contribution < 1.29 is 14.2 Å². The van der Waals surface area contributed by atoms with Crippen molar-refractivity contribution in [2.75, 3.05) is 6.61 Å². The molecule has 0 radical (unpaired) electrons. The number of benzene rings is 1. The average Bonchev–Trinajstić information content (AvgIpc) is 2.41. The molecule has 1 N–H and O–H groups in total. The van der Waals surface area contributed by atoms with Crippen LogP contribution in [0.5, 0.6) is 5.75 Å². The van der Waals surface area contributed by atoms with Gasteiger partial charge in [0.15, 0.2) is 0 Å². The lowest BCUT2D eigenvalue weighted by molar-refractivity contribution is 0.263. The topological polar surface area (TPSA) is 42.4 Å². The molecule has 1 heterocycles. The highest BCUT2D eigenvalue weighted by Crippen LogP contribution is 2.19. The summed E-state index contributed by atoms with van der Waals surface area (Å²) in [6.07, 6.45) is 4.21.